The molecule has 0 amide bonds. The summed E-state index contributed by atoms with van der Waals surface area (Å²) >= 11 is 3.57. The van der Waals surface area contributed by atoms with E-state index in [-0.39, 0.29) is 5.97 Å². The van der Waals surface area contributed by atoms with E-state index < -0.39 is 0 Å². The number of esters is 1. The standard InChI is InChI=1S/C19H18BrNO3/c1-4-24-19(22)15-11(2)21-14-10-13(20)18(23-3)16(17(14)15)12-8-6-5-7-9-12/h5-10,21H,4H2,1-3H3. The van der Waals surface area contributed by atoms with Gasteiger partial charge in [0.05, 0.1) is 23.8 Å². The van der Waals surface area contributed by atoms with Gasteiger partial charge in [-0.2, -0.15) is 0 Å². The first-order valence-electron chi connectivity index (χ1n) is 7.69. The number of aromatic amines is 1. The lowest BCUT2D eigenvalue weighted by Crippen LogP contribution is -2.06. The van der Waals surface area contributed by atoms with Crippen LogP contribution in [0.4, 0.5) is 0 Å². The third kappa shape index (κ3) is 2.69. The average Bonchev–Trinajstić information content (AvgIpc) is 2.89. The lowest BCUT2D eigenvalue weighted by atomic mass is 9.97. The number of methoxy groups -OCH3 is 1. The molecule has 0 aliphatic heterocycles. The number of rotatable bonds is 4. The molecule has 1 heterocycles. The van der Waals surface area contributed by atoms with Gasteiger partial charge in [0.2, 0.25) is 0 Å². The summed E-state index contributed by atoms with van der Waals surface area (Å²) in [5, 5.41) is 0.817. The zero-order valence-electron chi connectivity index (χ0n) is 13.8. The molecule has 0 spiro atoms. The predicted octanol–water partition coefficient (Wildman–Crippen LogP) is 5.09. The maximum atomic E-state index is 12.5. The highest BCUT2D eigenvalue weighted by molar-refractivity contribution is 9.10. The number of aromatic nitrogens is 1. The van der Waals surface area contributed by atoms with Crippen LogP contribution in [0.3, 0.4) is 0 Å². The third-order valence-corrected chi connectivity index (χ3v) is 4.52. The lowest BCUT2D eigenvalue weighted by Gasteiger charge is -2.14. The normalized spacial score (nSPS) is 10.8. The summed E-state index contributed by atoms with van der Waals surface area (Å²) in [6.45, 7) is 4.01. The second-order valence-corrected chi connectivity index (χ2v) is 6.26. The molecule has 0 aliphatic rings. The molecule has 3 aromatic rings. The summed E-state index contributed by atoms with van der Waals surface area (Å²) in [5.74, 6) is 0.362. The second-order valence-electron chi connectivity index (χ2n) is 5.40. The SMILES string of the molecule is CCOC(=O)c1c(C)[nH]c2cc(Br)c(OC)c(-c3ccccc3)c12. The van der Waals surface area contributed by atoms with Gasteiger partial charge in [-0.05, 0) is 41.4 Å². The first kappa shape index (κ1) is 16.6. The summed E-state index contributed by atoms with van der Waals surface area (Å²) in [4.78, 5) is 15.8. The van der Waals surface area contributed by atoms with Gasteiger partial charge in [-0.25, -0.2) is 4.79 Å². The van der Waals surface area contributed by atoms with Gasteiger partial charge in [0.25, 0.3) is 0 Å². The van der Waals surface area contributed by atoms with Crippen molar-refractivity contribution < 1.29 is 14.3 Å². The van der Waals surface area contributed by atoms with Crippen LogP contribution < -0.4 is 4.74 Å². The first-order chi connectivity index (χ1) is 11.6. The van der Waals surface area contributed by atoms with Gasteiger partial charge in [-0.1, -0.05) is 30.3 Å². The van der Waals surface area contributed by atoms with E-state index in [9.17, 15) is 4.79 Å². The Kier molecular flexibility index (Phi) is 4.62. The fourth-order valence-electron chi connectivity index (χ4n) is 2.98. The Morgan fingerprint density at radius 1 is 1.25 bits per heavy atom. The molecule has 3 rings (SSSR count). The fourth-order valence-corrected chi connectivity index (χ4v) is 3.57. The number of benzene rings is 2. The van der Waals surface area contributed by atoms with E-state index in [0.29, 0.717) is 17.9 Å². The number of aryl methyl sites for hydroxylation is 1. The molecular weight excluding hydrogens is 370 g/mol. The highest BCUT2D eigenvalue weighted by Gasteiger charge is 2.24. The Balaban J connectivity index is 2.43. The van der Waals surface area contributed by atoms with E-state index in [2.05, 4.69) is 20.9 Å². The Morgan fingerprint density at radius 3 is 2.58 bits per heavy atom. The van der Waals surface area contributed by atoms with Crippen LogP contribution in [0.25, 0.3) is 22.0 Å². The molecule has 0 bridgehead atoms. The van der Waals surface area contributed by atoms with Crippen molar-refractivity contribution in [3.63, 3.8) is 0 Å². The maximum absolute atomic E-state index is 12.5. The highest BCUT2D eigenvalue weighted by atomic mass is 79.9. The van der Waals surface area contributed by atoms with Crippen LogP contribution in [0.2, 0.25) is 0 Å². The molecule has 0 saturated carbocycles. The molecule has 4 nitrogen and oxygen atoms in total. The zero-order chi connectivity index (χ0) is 17.3. The van der Waals surface area contributed by atoms with Crippen molar-refractivity contribution in [2.24, 2.45) is 0 Å². The summed E-state index contributed by atoms with van der Waals surface area (Å²) in [7, 11) is 1.63. The third-order valence-electron chi connectivity index (χ3n) is 3.93. The van der Waals surface area contributed by atoms with Crippen molar-refractivity contribution in [3.05, 3.63) is 52.1 Å². The van der Waals surface area contributed by atoms with Gasteiger partial charge < -0.3 is 14.5 Å². The number of fused-ring (bicyclic) bond motifs is 1. The Bertz CT molecular complexity index is 900. The maximum Gasteiger partial charge on any atom is 0.340 e. The van der Waals surface area contributed by atoms with Crippen LogP contribution in [0, 0.1) is 6.92 Å². The Labute approximate surface area is 148 Å². The molecule has 0 saturated heterocycles. The van der Waals surface area contributed by atoms with E-state index in [4.69, 9.17) is 9.47 Å². The van der Waals surface area contributed by atoms with Gasteiger partial charge in [-0.3, -0.25) is 0 Å². The molecule has 0 unspecified atom stereocenters. The van der Waals surface area contributed by atoms with Crippen molar-refractivity contribution in [1.82, 2.24) is 4.98 Å². The lowest BCUT2D eigenvalue weighted by molar-refractivity contribution is 0.0528. The van der Waals surface area contributed by atoms with Crippen molar-refractivity contribution >= 4 is 32.8 Å². The van der Waals surface area contributed by atoms with E-state index in [1.165, 1.54) is 0 Å². The molecule has 24 heavy (non-hydrogen) atoms. The van der Waals surface area contributed by atoms with E-state index in [1.54, 1.807) is 14.0 Å². The summed E-state index contributed by atoms with van der Waals surface area (Å²) in [6, 6.07) is 11.8. The van der Waals surface area contributed by atoms with Gasteiger partial charge >= 0.3 is 5.97 Å². The van der Waals surface area contributed by atoms with Crippen molar-refractivity contribution in [3.8, 4) is 16.9 Å². The number of hydrogen-bond acceptors (Lipinski definition) is 3. The highest BCUT2D eigenvalue weighted by Crippen LogP contribution is 2.44. The molecule has 124 valence electrons. The fraction of sp³-hybridized carbons (Fsp3) is 0.211. The zero-order valence-corrected chi connectivity index (χ0v) is 15.4. The first-order valence-corrected chi connectivity index (χ1v) is 8.49. The van der Waals surface area contributed by atoms with Crippen LogP contribution >= 0.6 is 15.9 Å². The molecule has 2 aromatic carbocycles. The average molecular weight is 388 g/mol. The summed E-state index contributed by atoms with van der Waals surface area (Å²) in [6.07, 6.45) is 0. The molecule has 5 heteroatoms. The van der Waals surface area contributed by atoms with Crippen LogP contribution in [-0.2, 0) is 4.74 Å². The molecule has 0 fully saturated rings. The minimum Gasteiger partial charge on any atom is -0.495 e. The van der Waals surface area contributed by atoms with E-state index >= 15 is 0 Å². The number of carbonyl (C=O) groups excluding carboxylic acids is 1. The Morgan fingerprint density at radius 2 is 1.96 bits per heavy atom. The quantitative estimate of drug-likeness (QED) is 0.634. The second kappa shape index (κ2) is 6.69. The number of nitrogens with one attached hydrogen (secondary N) is 1. The predicted molar refractivity (Wildman–Crippen MR) is 98.7 cm³/mol. The smallest absolute Gasteiger partial charge is 0.340 e. The molecule has 1 aromatic heterocycles. The molecule has 1 N–H and O–H groups in total. The van der Waals surface area contributed by atoms with Crippen molar-refractivity contribution in [2.75, 3.05) is 13.7 Å². The minimum atomic E-state index is -0.331. The monoisotopic (exact) mass is 387 g/mol. The van der Waals surface area contributed by atoms with Crippen molar-refractivity contribution in [1.29, 1.82) is 0 Å². The minimum absolute atomic E-state index is 0.331. The molecule has 0 radical (unpaired) electrons. The topological polar surface area (TPSA) is 51.3 Å². The van der Waals surface area contributed by atoms with E-state index in [1.807, 2.05) is 43.3 Å². The number of ether oxygens (including phenoxy) is 2. The Hall–Kier alpha value is -2.27. The van der Waals surface area contributed by atoms with Gasteiger partial charge in [0.1, 0.15) is 5.75 Å². The largest absolute Gasteiger partial charge is 0.495 e. The van der Waals surface area contributed by atoms with Crippen LogP contribution in [0.15, 0.2) is 40.9 Å². The molecule has 0 aliphatic carbocycles. The van der Waals surface area contributed by atoms with Crippen LogP contribution in [-0.4, -0.2) is 24.7 Å². The van der Waals surface area contributed by atoms with Crippen molar-refractivity contribution in [2.45, 2.75) is 13.8 Å². The van der Waals surface area contributed by atoms with E-state index in [0.717, 1.165) is 32.2 Å². The number of hydrogen-bond donors (Lipinski definition) is 1. The summed E-state index contributed by atoms with van der Waals surface area (Å²) < 4.78 is 11.7. The van der Waals surface area contributed by atoms with Gasteiger partial charge in [-0.15, -0.1) is 0 Å². The molecule has 0 atom stereocenters. The number of H-pyrrole nitrogens is 1. The number of carbonyl (C=O) groups is 1. The van der Waals surface area contributed by atoms with Gasteiger partial charge in [0, 0.05) is 22.2 Å². The number of halogens is 1. The van der Waals surface area contributed by atoms with Gasteiger partial charge in [0.15, 0.2) is 0 Å². The van der Waals surface area contributed by atoms with Crippen LogP contribution in [0.5, 0.6) is 5.75 Å². The summed E-state index contributed by atoms with van der Waals surface area (Å²) in [5.41, 5.74) is 4.04. The van der Waals surface area contributed by atoms with Crippen LogP contribution in [0.1, 0.15) is 23.0 Å². The molecular formula is C19H18BrNO3.